The zero-order chi connectivity index (χ0) is 16.8. The lowest BCUT2D eigenvalue weighted by atomic mass is 9.62. The van der Waals surface area contributed by atoms with Gasteiger partial charge in [-0.05, 0) is 66.3 Å². The molecule has 1 heterocycles. The maximum atomic E-state index is 2.48. The van der Waals surface area contributed by atoms with Crippen LogP contribution in [0.4, 0.5) is 0 Å². The van der Waals surface area contributed by atoms with Crippen LogP contribution in [0.2, 0.25) is 0 Å². The fourth-order valence-electron chi connectivity index (χ4n) is 3.99. The van der Waals surface area contributed by atoms with Crippen molar-refractivity contribution in [3.63, 3.8) is 0 Å². The number of hydrogen-bond donors (Lipinski definition) is 0. The quantitative estimate of drug-likeness (QED) is 0.661. The highest BCUT2D eigenvalue weighted by molar-refractivity contribution is 5.65. The van der Waals surface area contributed by atoms with E-state index in [4.69, 9.17) is 0 Å². The lowest BCUT2D eigenvalue weighted by Gasteiger charge is -2.42. The van der Waals surface area contributed by atoms with Crippen LogP contribution in [0.1, 0.15) is 64.2 Å². The van der Waals surface area contributed by atoms with Crippen molar-refractivity contribution in [2.75, 3.05) is 0 Å². The van der Waals surface area contributed by atoms with Crippen molar-refractivity contribution in [1.82, 2.24) is 0 Å². The Kier molecular flexibility index (Phi) is 3.86. The lowest BCUT2D eigenvalue weighted by molar-refractivity contribution is -0.682. The van der Waals surface area contributed by atoms with E-state index in [1.54, 1.807) is 11.1 Å². The summed E-state index contributed by atoms with van der Waals surface area (Å²) in [5.41, 5.74) is 7.74. The average molecular weight is 308 g/mol. The van der Waals surface area contributed by atoms with E-state index in [0.29, 0.717) is 0 Å². The molecular formula is C22H30N+. The highest BCUT2D eigenvalue weighted by atomic mass is 14.9. The van der Waals surface area contributed by atoms with Crippen molar-refractivity contribution in [3.8, 4) is 11.3 Å². The van der Waals surface area contributed by atoms with E-state index in [1.807, 2.05) is 0 Å². The molecule has 0 saturated heterocycles. The summed E-state index contributed by atoms with van der Waals surface area (Å²) in [6.45, 7) is 15.1. The smallest absolute Gasteiger partial charge is 0.199 e. The van der Waals surface area contributed by atoms with Gasteiger partial charge in [0.05, 0.1) is 0 Å². The monoisotopic (exact) mass is 308 g/mol. The molecule has 0 N–H and O–H groups in total. The molecule has 0 bridgehead atoms. The topological polar surface area (TPSA) is 3.88 Å². The van der Waals surface area contributed by atoms with Crippen LogP contribution >= 0.6 is 0 Å². The Morgan fingerprint density at radius 3 is 2.17 bits per heavy atom. The second kappa shape index (κ2) is 5.47. The van der Waals surface area contributed by atoms with Crippen molar-refractivity contribution in [2.45, 2.75) is 71.8 Å². The molecule has 1 aliphatic carbocycles. The summed E-state index contributed by atoms with van der Waals surface area (Å²) in [4.78, 5) is 0. The summed E-state index contributed by atoms with van der Waals surface area (Å²) in [7, 11) is 0. The minimum absolute atomic E-state index is 0.263. The highest BCUT2D eigenvalue weighted by Gasteiger charge is 2.37. The molecule has 1 nitrogen and oxygen atoms in total. The van der Waals surface area contributed by atoms with Gasteiger partial charge in [0.15, 0.2) is 6.20 Å². The predicted octanol–water partition coefficient (Wildman–Crippen LogP) is 5.32. The molecule has 0 fully saturated rings. The number of nitrogens with zero attached hydrogens (tertiary/aromatic N) is 1. The van der Waals surface area contributed by atoms with E-state index in [1.165, 1.54) is 29.7 Å². The Morgan fingerprint density at radius 1 is 0.957 bits per heavy atom. The molecule has 0 spiro atoms. The molecule has 3 rings (SSSR count). The van der Waals surface area contributed by atoms with Gasteiger partial charge in [0.25, 0.3) is 0 Å². The van der Waals surface area contributed by atoms with Gasteiger partial charge < -0.3 is 0 Å². The number of aryl methyl sites for hydroxylation is 2. The number of hydrogen-bond acceptors (Lipinski definition) is 0. The average Bonchev–Trinajstić information content (AvgIpc) is 2.51. The molecule has 0 radical (unpaired) electrons. The van der Waals surface area contributed by atoms with Gasteiger partial charge in [0.1, 0.15) is 6.54 Å². The first kappa shape index (κ1) is 16.2. The van der Waals surface area contributed by atoms with Gasteiger partial charge in [-0.2, -0.15) is 4.57 Å². The molecule has 1 aromatic heterocycles. The van der Waals surface area contributed by atoms with E-state index in [2.05, 4.69) is 82.6 Å². The third-order valence-electron chi connectivity index (χ3n) is 5.76. The minimum Gasteiger partial charge on any atom is -0.199 e. The molecule has 0 saturated carbocycles. The second-order valence-corrected chi connectivity index (χ2v) is 8.35. The number of fused-ring (bicyclic) bond motifs is 1. The molecule has 1 aromatic carbocycles. The summed E-state index contributed by atoms with van der Waals surface area (Å²) < 4.78 is 2.34. The predicted molar refractivity (Wildman–Crippen MR) is 97.8 cm³/mol. The molecule has 0 aliphatic heterocycles. The molecular weight excluding hydrogens is 278 g/mol. The van der Waals surface area contributed by atoms with Gasteiger partial charge in [-0.25, -0.2) is 0 Å². The second-order valence-electron chi connectivity index (χ2n) is 8.35. The summed E-state index contributed by atoms with van der Waals surface area (Å²) in [5.74, 6) is 0. The van der Waals surface area contributed by atoms with Crippen LogP contribution in [0.25, 0.3) is 11.3 Å². The van der Waals surface area contributed by atoms with Crippen LogP contribution in [0, 0.1) is 6.92 Å². The van der Waals surface area contributed by atoms with Crippen molar-refractivity contribution >= 4 is 0 Å². The fraction of sp³-hybridized carbons (Fsp3) is 0.500. The largest absolute Gasteiger partial charge is 0.212 e. The van der Waals surface area contributed by atoms with Gasteiger partial charge in [-0.1, -0.05) is 33.8 Å². The molecule has 1 heteroatoms. The third-order valence-corrected chi connectivity index (χ3v) is 5.76. The van der Waals surface area contributed by atoms with E-state index >= 15 is 0 Å². The molecule has 23 heavy (non-hydrogen) atoms. The molecule has 0 unspecified atom stereocenters. The first-order valence-electron chi connectivity index (χ1n) is 8.91. The van der Waals surface area contributed by atoms with E-state index in [-0.39, 0.29) is 10.8 Å². The van der Waals surface area contributed by atoms with E-state index in [9.17, 15) is 0 Å². The van der Waals surface area contributed by atoms with Gasteiger partial charge in [0, 0.05) is 17.7 Å². The molecule has 0 atom stereocenters. The number of pyridine rings is 1. The van der Waals surface area contributed by atoms with Crippen LogP contribution in [0.15, 0.2) is 36.5 Å². The Hall–Kier alpha value is -1.63. The molecule has 122 valence electrons. The van der Waals surface area contributed by atoms with Crippen LogP contribution in [-0.2, 0) is 17.4 Å². The fourth-order valence-corrected chi connectivity index (χ4v) is 3.99. The molecule has 0 amide bonds. The first-order valence-corrected chi connectivity index (χ1v) is 8.91. The van der Waals surface area contributed by atoms with Crippen molar-refractivity contribution in [1.29, 1.82) is 0 Å². The van der Waals surface area contributed by atoms with Gasteiger partial charge >= 0.3 is 0 Å². The Morgan fingerprint density at radius 2 is 1.57 bits per heavy atom. The Labute approximate surface area is 141 Å². The van der Waals surface area contributed by atoms with E-state index in [0.717, 1.165) is 6.54 Å². The zero-order valence-electron chi connectivity index (χ0n) is 15.5. The van der Waals surface area contributed by atoms with Gasteiger partial charge in [-0.3, -0.25) is 0 Å². The van der Waals surface area contributed by atoms with Crippen LogP contribution in [-0.4, -0.2) is 0 Å². The highest BCUT2D eigenvalue weighted by Crippen LogP contribution is 2.47. The van der Waals surface area contributed by atoms with Crippen LogP contribution < -0.4 is 4.57 Å². The summed E-state index contributed by atoms with van der Waals surface area (Å²) in [5, 5.41) is 0. The normalized spacial score (nSPS) is 18.5. The summed E-state index contributed by atoms with van der Waals surface area (Å²) in [6.07, 6.45) is 4.72. The Bertz CT molecular complexity index is 738. The third kappa shape index (κ3) is 2.71. The molecule has 2 aromatic rings. The molecule has 1 aliphatic rings. The van der Waals surface area contributed by atoms with Crippen molar-refractivity contribution in [2.24, 2.45) is 0 Å². The SMILES string of the molecule is CC[n+]1ccccc1-c1cc2c(cc1C)C(C)(C)CCC2(C)C. The first-order chi connectivity index (χ1) is 10.8. The number of aromatic nitrogens is 1. The van der Waals surface area contributed by atoms with E-state index < -0.39 is 0 Å². The van der Waals surface area contributed by atoms with Crippen LogP contribution in [0.3, 0.4) is 0 Å². The standard InChI is InChI=1S/C22H30N/c1-7-23-13-9-8-10-20(23)17-15-19-18(14-16(17)2)21(3,4)11-12-22(19,5)6/h8-10,13-15H,7,11-12H2,1-6H3/q+1. The lowest BCUT2D eigenvalue weighted by Crippen LogP contribution is -2.36. The maximum absolute atomic E-state index is 2.48. The van der Waals surface area contributed by atoms with Crippen LogP contribution in [0.5, 0.6) is 0 Å². The number of benzene rings is 1. The Balaban J connectivity index is 2.26. The summed E-state index contributed by atoms with van der Waals surface area (Å²) >= 11 is 0. The minimum atomic E-state index is 0.263. The maximum Gasteiger partial charge on any atom is 0.212 e. The van der Waals surface area contributed by atoms with Crippen molar-refractivity contribution in [3.05, 3.63) is 53.2 Å². The van der Waals surface area contributed by atoms with Crippen molar-refractivity contribution < 1.29 is 4.57 Å². The number of rotatable bonds is 2. The zero-order valence-corrected chi connectivity index (χ0v) is 15.5. The summed E-state index contributed by atoms with van der Waals surface area (Å²) in [6, 6.07) is 11.5. The van der Waals surface area contributed by atoms with Gasteiger partial charge in [-0.15, -0.1) is 0 Å². The van der Waals surface area contributed by atoms with Gasteiger partial charge in [0.2, 0.25) is 5.69 Å².